The molecule has 0 bridgehead atoms. The number of anilines is 5. The van der Waals surface area contributed by atoms with E-state index in [2.05, 4.69) is 128 Å². The van der Waals surface area contributed by atoms with E-state index in [0.717, 1.165) is 0 Å². The smallest absolute Gasteiger partial charge is 0.253 e. The van der Waals surface area contributed by atoms with Gasteiger partial charge in [-0.25, -0.2) is 0 Å². The Hall–Kier alpha value is -4.02. The third kappa shape index (κ3) is 2.82. The average Bonchev–Trinajstić information content (AvgIpc) is 3.50. The summed E-state index contributed by atoms with van der Waals surface area (Å²) >= 11 is 1.97. The summed E-state index contributed by atoms with van der Waals surface area (Å²) in [7, 11) is 0. The minimum Gasteiger partial charge on any atom is -0.335 e. The van der Waals surface area contributed by atoms with Gasteiger partial charge in [-0.3, -0.25) is 0 Å². The summed E-state index contributed by atoms with van der Waals surface area (Å²) in [4.78, 5) is 5.40. The van der Waals surface area contributed by atoms with E-state index in [-0.39, 0.29) is 17.7 Å². The van der Waals surface area contributed by atoms with Crippen LogP contribution in [0.25, 0.3) is 20.2 Å². The van der Waals surface area contributed by atoms with E-state index >= 15 is 0 Å². The standard InChI is InChI=1S/C39H33BN2S/c1-24-22-31-34-32(23-24)42-36-28(38(2)20-9-10-21-39(38,42)3)15-11-16-29(36)40(34)35-30(41(31)25-12-5-4-6-13-25)19-18-27-26-14-7-8-17-33(26)43-37(27)35/h4-8,11-19,22-23H,9-10,20-21H2,1-3H3. The molecule has 2 unspecified atom stereocenters. The molecule has 2 nitrogen and oxygen atoms in total. The van der Waals surface area contributed by atoms with Crippen LogP contribution in [0.3, 0.4) is 0 Å². The normalized spacial score (nSPS) is 22.9. The molecule has 208 valence electrons. The SMILES string of the molecule is Cc1cc2c3c(c1)N1c4c(cccc4C4(C)CCCCC14C)B3c1c(ccc3c1sc1ccccc13)N2c1ccccc1. The van der Waals surface area contributed by atoms with Gasteiger partial charge in [0, 0.05) is 48.6 Å². The lowest BCUT2D eigenvalue weighted by atomic mass is 9.33. The van der Waals surface area contributed by atoms with Crippen LogP contribution in [0.5, 0.6) is 0 Å². The summed E-state index contributed by atoms with van der Waals surface area (Å²) in [5.74, 6) is 0. The van der Waals surface area contributed by atoms with Gasteiger partial charge in [0.1, 0.15) is 0 Å². The molecule has 0 radical (unpaired) electrons. The van der Waals surface area contributed by atoms with Gasteiger partial charge in [-0.15, -0.1) is 11.3 Å². The van der Waals surface area contributed by atoms with Crippen molar-refractivity contribution in [1.82, 2.24) is 0 Å². The minimum atomic E-state index is 0.0533. The fraction of sp³-hybridized carbons (Fsp3) is 0.231. The second-order valence-electron chi connectivity index (χ2n) is 13.7. The van der Waals surface area contributed by atoms with Crippen molar-refractivity contribution in [3.05, 3.63) is 108 Å². The summed E-state index contributed by atoms with van der Waals surface area (Å²) in [5, 5.41) is 2.75. The predicted octanol–water partition coefficient (Wildman–Crippen LogP) is 8.72. The number of nitrogens with zero attached hydrogens (tertiary/aromatic N) is 2. The number of benzene rings is 5. The molecular formula is C39H33BN2S. The third-order valence-corrected chi connectivity index (χ3v) is 12.8. The van der Waals surface area contributed by atoms with Crippen LogP contribution >= 0.6 is 11.3 Å². The van der Waals surface area contributed by atoms with Crippen molar-refractivity contribution < 1.29 is 0 Å². The second-order valence-corrected chi connectivity index (χ2v) is 14.7. The maximum absolute atomic E-state index is 2.83. The highest BCUT2D eigenvalue weighted by molar-refractivity contribution is 7.28. The van der Waals surface area contributed by atoms with Crippen LogP contribution in [0.1, 0.15) is 50.7 Å². The molecule has 3 aliphatic heterocycles. The number of rotatable bonds is 1. The van der Waals surface area contributed by atoms with E-state index in [1.807, 2.05) is 11.3 Å². The Morgan fingerprint density at radius 2 is 1.51 bits per heavy atom. The van der Waals surface area contributed by atoms with Crippen molar-refractivity contribution in [3.8, 4) is 0 Å². The average molecular weight is 573 g/mol. The van der Waals surface area contributed by atoms with Gasteiger partial charge < -0.3 is 9.80 Å². The first kappa shape index (κ1) is 24.4. The van der Waals surface area contributed by atoms with Gasteiger partial charge >= 0.3 is 0 Å². The molecule has 43 heavy (non-hydrogen) atoms. The lowest BCUT2D eigenvalue weighted by Crippen LogP contribution is -2.64. The van der Waals surface area contributed by atoms with Crippen LogP contribution in [0.15, 0.2) is 97.1 Å². The van der Waals surface area contributed by atoms with Crippen molar-refractivity contribution in [3.63, 3.8) is 0 Å². The molecule has 4 aliphatic rings. The molecule has 10 rings (SSSR count). The molecule has 0 N–H and O–H groups in total. The minimum absolute atomic E-state index is 0.0533. The Labute approximate surface area is 257 Å². The van der Waals surface area contributed by atoms with Crippen molar-refractivity contribution in [2.45, 2.75) is 57.4 Å². The van der Waals surface area contributed by atoms with Crippen molar-refractivity contribution >= 4 is 83.0 Å². The molecule has 0 spiro atoms. The van der Waals surface area contributed by atoms with Crippen molar-refractivity contribution in [1.29, 1.82) is 0 Å². The van der Waals surface area contributed by atoms with Crippen LogP contribution in [0, 0.1) is 6.92 Å². The summed E-state index contributed by atoms with van der Waals surface area (Å²) in [6.07, 6.45) is 5.09. The zero-order valence-electron chi connectivity index (χ0n) is 24.9. The second kappa shape index (κ2) is 8.12. The fourth-order valence-corrected chi connectivity index (χ4v) is 10.8. The van der Waals surface area contributed by atoms with Gasteiger partial charge in [-0.1, -0.05) is 80.4 Å². The van der Waals surface area contributed by atoms with Gasteiger partial charge in [-0.05, 0) is 96.0 Å². The number of thiophene rings is 1. The first-order chi connectivity index (χ1) is 21.0. The molecule has 5 aromatic carbocycles. The van der Waals surface area contributed by atoms with E-state index in [9.17, 15) is 0 Å². The molecule has 6 aromatic rings. The maximum atomic E-state index is 2.83. The monoisotopic (exact) mass is 572 g/mol. The quantitative estimate of drug-likeness (QED) is 0.182. The van der Waals surface area contributed by atoms with E-state index in [1.165, 1.54) is 96.2 Å². The molecule has 1 saturated carbocycles. The number of fused-ring (bicyclic) bond motifs is 11. The summed E-state index contributed by atoms with van der Waals surface area (Å²) in [6.45, 7) is 7.62. The molecule has 1 aromatic heterocycles. The maximum Gasteiger partial charge on any atom is 0.253 e. The Morgan fingerprint density at radius 1 is 0.721 bits per heavy atom. The molecule has 0 saturated heterocycles. The number of hydrogen-bond acceptors (Lipinski definition) is 3. The lowest BCUT2D eigenvalue weighted by molar-refractivity contribution is 0.195. The fourth-order valence-electron chi connectivity index (χ4n) is 9.54. The van der Waals surface area contributed by atoms with Crippen LogP contribution in [-0.2, 0) is 5.41 Å². The van der Waals surface area contributed by atoms with Gasteiger partial charge in [0.25, 0.3) is 6.71 Å². The van der Waals surface area contributed by atoms with E-state index < -0.39 is 0 Å². The van der Waals surface area contributed by atoms with Gasteiger partial charge in [0.2, 0.25) is 0 Å². The van der Waals surface area contributed by atoms with E-state index in [0.29, 0.717) is 0 Å². The topological polar surface area (TPSA) is 6.48 Å². The number of hydrogen-bond donors (Lipinski definition) is 0. The zero-order valence-corrected chi connectivity index (χ0v) is 25.8. The summed E-state index contributed by atoms with van der Waals surface area (Å²) in [5.41, 5.74) is 14.3. The number of para-hydroxylation sites is 2. The van der Waals surface area contributed by atoms with Gasteiger partial charge in [0.15, 0.2) is 0 Å². The summed E-state index contributed by atoms with van der Waals surface area (Å²) < 4.78 is 2.80. The first-order valence-electron chi connectivity index (χ1n) is 15.9. The molecule has 4 heteroatoms. The van der Waals surface area contributed by atoms with Crippen LogP contribution < -0.4 is 26.2 Å². The zero-order chi connectivity index (χ0) is 28.7. The molecule has 4 heterocycles. The first-order valence-corrected chi connectivity index (χ1v) is 16.7. The Bertz CT molecular complexity index is 2170. The lowest BCUT2D eigenvalue weighted by Gasteiger charge is -2.52. The Balaban J connectivity index is 1.39. The van der Waals surface area contributed by atoms with Crippen LogP contribution in [0.4, 0.5) is 28.4 Å². The molecule has 0 amide bonds. The van der Waals surface area contributed by atoms with Crippen LogP contribution in [0.2, 0.25) is 0 Å². The summed E-state index contributed by atoms with van der Waals surface area (Å²) in [6, 6.07) is 37.0. The van der Waals surface area contributed by atoms with Gasteiger partial charge in [-0.2, -0.15) is 0 Å². The van der Waals surface area contributed by atoms with Crippen molar-refractivity contribution in [2.75, 3.05) is 9.80 Å². The molecule has 1 aliphatic carbocycles. The van der Waals surface area contributed by atoms with Crippen molar-refractivity contribution in [2.24, 2.45) is 0 Å². The van der Waals surface area contributed by atoms with E-state index in [1.54, 1.807) is 5.56 Å². The Morgan fingerprint density at radius 3 is 2.40 bits per heavy atom. The van der Waals surface area contributed by atoms with Crippen LogP contribution in [-0.4, -0.2) is 12.3 Å². The highest BCUT2D eigenvalue weighted by atomic mass is 32.1. The Kier molecular flexibility index (Phi) is 4.61. The number of aryl methyl sites for hydroxylation is 1. The predicted molar refractivity (Wildman–Crippen MR) is 186 cm³/mol. The highest BCUT2D eigenvalue weighted by Crippen LogP contribution is 2.61. The largest absolute Gasteiger partial charge is 0.335 e. The third-order valence-electron chi connectivity index (χ3n) is 11.6. The highest BCUT2D eigenvalue weighted by Gasteiger charge is 2.61. The molecule has 2 atom stereocenters. The van der Waals surface area contributed by atoms with Gasteiger partial charge in [0.05, 0.1) is 5.54 Å². The molecular weight excluding hydrogens is 539 g/mol. The van der Waals surface area contributed by atoms with E-state index in [4.69, 9.17) is 0 Å². The molecule has 1 fully saturated rings.